The van der Waals surface area contributed by atoms with Crippen molar-refractivity contribution in [2.24, 2.45) is 0 Å². The number of benzene rings is 2. The maximum atomic E-state index is 12.8. The van der Waals surface area contributed by atoms with Crippen LogP contribution >= 0.6 is 0 Å². The van der Waals surface area contributed by atoms with Gasteiger partial charge in [0, 0.05) is 37.6 Å². The Morgan fingerprint density at radius 1 is 1.03 bits per heavy atom. The fourth-order valence-corrected chi connectivity index (χ4v) is 4.01. The fourth-order valence-electron chi connectivity index (χ4n) is 4.01. The van der Waals surface area contributed by atoms with E-state index in [1.807, 2.05) is 26.0 Å². The molecule has 1 fully saturated rings. The van der Waals surface area contributed by atoms with Crippen LogP contribution in [0.5, 0.6) is 5.75 Å². The van der Waals surface area contributed by atoms with Gasteiger partial charge in [0.15, 0.2) is 6.10 Å². The summed E-state index contributed by atoms with van der Waals surface area (Å²) in [5, 5.41) is 3.05. The summed E-state index contributed by atoms with van der Waals surface area (Å²) >= 11 is 0. The van der Waals surface area contributed by atoms with E-state index in [4.69, 9.17) is 4.74 Å². The van der Waals surface area contributed by atoms with Gasteiger partial charge in [-0.1, -0.05) is 32.9 Å². The summed E-state index contributed by atoms with van der Waals surface area (Å²) < 4.78 is 6.08. The second-order valence-electron chi connectivity index (χ2n) is 8.87. The lowest BCUT2D eigenvalue weighted by atomic mass is 10.0. The van der Waals surface area contributed by atoms with E-state index in [1.165, 1.54) is 5.69 Å². The third-order valence-electron chi connectivity index (χ3n) is 6.12. The minimum absolute atomic E-state index is 0.136. The lowest BCUT2D eigenvalue weighted by molar-refractivity contribution is -0.122. The molecular weight excluding hydrogens is 386 g/mol. The summed E-state index contributed by atoms with van der Waals surface area (Å²) in [6, 6.07) is 12.5. The second kappa shape index (κ2) is 10.2. The first-order valence-corrected chi connectivity index (χ1v) is 11.4. The molecule has 0 bridgehead atoms. The van der Waals surface area contributed by atoms with Crippen LogP contribution in [-0.2, 0) is 4.79 Å². The molecule has 1 amide bonds. The summed E-state index contributed by atoms with van der Waals surface area (Å²) in [5.41, 5.74) is 5.36. The molecule has 0 aliphatic carbocycles. The minimum Gasteiger partial charge on any atom is -0.481 e. The van der Waals surface area contributed by atoms with Crippen LogP contribution in [0.15, 0.2) is 36.4 Å². The van der Waals surface area contributed by atoms with Crippen LogP contribution in [0, 0.1) is 13.8 Å². The van der Waals surface area contributed by atoms with Gasteiger partial charge in [0.25, 0.3) is 5.91 Å². The van der Waals surface area contributed by atoms with Crippen LogP contribution in [0.25, 0.3) is 0 Å². The van der Waals surface area contributed by atoms with Crippen molar-refractivity contribution in [2.75, 3.05) is 42.9 Å². The largest absolute Gasteiger partial charge is 0.481 e. The summed E-state index contributed by atoms with van der Waals surface area (Å²) in [4.78, 5) is 17.7. The SMILES string of the molecule is CCN1CCN(c2ccc(NC(=O)C(C)Oc3cc(C)ccc3C(C)C)c(C)c2)CC1. The molecular formula is C26H37N3O2. The van der Waals surface area contributed by atoms with Crippen LogP contribution < -0.4 is 15.0 Å². The molecule has 0 radical (unpaired) electrons. The number of hydrogen-bond acceptors (Lipinski definition) is 4. The highest BCUT2D eigenvalue weighted by atomic mass is 16.5. The van der Waals surface area contributed by atoms with Crippen molar-refractivity contribution < 1.29 is 9.53 Å². The maximum Gasteiger partial charge on any atom is 0.265 e. The van der Waals surface area contributed by atoms with E-state index in [0.717, 1.165) is 60.9 Å². The Labute approximate surface area is 187 Å². The van der Waals surface area contributed by atoms with Crippen molar-refractivity contribution >= 4 is 17.3 Å². The molecule has 1 atom stereocenters. The third-order valence-corrected chi connectivity index (χ3v) is 6.12. The zero-order valence-electron chi connectivity index (χ0n) is 19.9. The average Bonchev–Trinajstić information content (AvgIpc) is 2.75. The van der Waals surface area contributed by atoms with Gasteiger partial charge in [-0.2, -0.15) is 0 Å². The molecule has 2 aromatic rings. The number of ether oxygens (including phenoxy) is 1. The Kier molecular flexibility index (Phi) is 7.60. The molecule has 1 heterocycles. The van der Waals surface area contributed by atoms with Crippen molar-refractivity contribution in [1.29, 1.82) is 0 Å². The highest BCUT2D eigenvalue weighted by Gasteiger charge is 2.20. The van der Waals surface area contributed by atoms with Crippen molar-refractivity contribution in [1.82, 2.24) is 4.90 Å². The minimum atomic E-state index is -0.583. The molecule has 0 aromatic heterocycles. The summed E-state index contributed by atoms with van der Waals surface area (Å²) in [7, 11) is 0. The molecule has 1 unspecified atom stereocenters. The number of amides is 1. The van der Waals surface area contributed by atoms with E-state index in [2.05, 4.69) is 60.2 Å². The Morgan fingerprint density at radius 3 is 2.35 bits per heavy atom. The third kappa shape index (κ3) is 5.79. The number of piperazine rings is 1. The lowest BCUT2D eigenvalue weighted by Gasteiger charge is -2.35. The van der Waals surface area contributed by atoms with Gasteiger partial charge < -0.3 is 19.9 Å². The first-order valence-electron chi connectivity index (χ1n) is 11.4. The molecule has 0 spiro atoms. The molecule has 1 N–H and O–H groups in total. The quantitative estimate of drug-likeness (QED) is 0.683. The van der Waals surface area contributed by atoms with Crippen molar-refractivity contribution in [3.05, 3.63) is 53.1 Å². The number of nitrogens with zero attached hydrogens (tertiary/aromatic N) is 2. The van der Waals surface area contributed by atoms with E-state index in [-0.39, 0.29) is 5.91 Å². The Bertz CT molecular complexity index is 902. The molecule has 2 aromatic carbocycles. The van der Waals surface area contributed by atoms with Crippen molar-refractivity contribution in [2.45, 2.75) is 53.6 Å². The number of nitrogens with one attached hydrogen (secondary N) is 1. The smallest absolute Gasteiger partial charge is 0.265 e. The number of carbonyl (C=O) groups excluding carboxylic acids is 1. The molecule has 1 saturated heterocycles. The molecule has 5 heteroatoms. The average molecular weight is 424 g/mol. The summed E-state index contributed by atoms with van der Waals surface area (Å²) in [6.07, 6.45) is -0.583. The van der Waals surface area contributed by atoms with Crippen LogP contribution in [0.4, 0.5) is 11.4 Å². The number of aryl methyl sites for hydroxylation is 2. The highest BCUT2D eigenvalue weighted by Crippen LogP contribution is 2.29. The molecule has 0 saturated carbocycles. The van der Waals surface area contributed by atoms with Crippen molar-refractivity contribution in [3.63, 3.8) is 0 Å². The fraction of sp³-hybridized carbons (Fsp3) is 0.500. The molecule has 1 aliphatic heterocycles. The van der Waals surface area contributed by atoms with E-state index in [1.54, 1.807) is 6.92 Å². The highest BCUT2D eigenvalue weighted by molar-refractivity contribution is 5.95. The standard InChI is InChI=1S/C26H37N3O2/c1-7-28-12-14-29(15-13-28)22-9-11-24(20(5)17-22)27-26(30)21(6)31-25-16-19(4)8-10-23(25)18(2)3/h8-11,16-18,21H,7,12-15H2,1-6H3,(H,27,30). The van der Waals surface area contributed by atoms with Crippen LogP contribution in [0.1, 0.15) is 50.3 Å². The van der Waals surface area contributed by atoms with Crippen LogP contribution in [-0.4, -0.2) is 49.6 Å². The van der Waals surface area contributed by atoms with Crippen molar-refractivity contribution in [3.8, 4) is 5.75 Å². The number of rotatable bonds is 7. The van der Waals surface area contributed by atoms with Gasteiger partial charge in [-0.3, -0.25) is 4.79 Å². The van der Waals surface area contributed by atoms with Gasteiger partial charge in [0.2, 0.25) is 0 Å². The number of anilines is 2. The molecule has 31 heavy (non-hydrogen) atoms. The van der Waals surface area contributed by atoms with Gasteiger partial charge in [0.05, 0.1) is 0 Å². The predicted octanol–water partition coefficient (Wildman–Crippen LogP) is 4.97. The first kappa shape index (κ1) is 23.1. The monoisotopic (exact) mass is 423 g/mol. The maximum absolute atomic E-state index is 12.8. The lowest BCUT2D eigenvalue weighted by Crippen LogP contribution is -2.46. The summed E-state index contributed by atoms with van der Waals surface area (Å²) in [6.45, 7) is 17.8. The van der Waals surface area contributed by atoms with Gasteiger partial charge in [-0.25, -0.2) is 0 Å². The Morgan fingerprint density at radius 2 is 1.74 bits per heavy atom. The molecule has 168 valence electrons. The Hall–Kier alpha value is -2.53. The van der Waals surface area contributed by atoms with E-state index in [0.29, 0.717) is 5.92 Å². The predicted molar refractivity (Wildman–Crippen MR) is 129 cm³/mol. The Balaban J connectivity index is 1.64. The number of hydrogen-bond donors (Lipinski definition) is 1. The van der Waals surface area contributed by atoms with Gasteiger partial charge >= 0.3 is 0 Å². The summed E-state index contributed by atoms with van der Waals surface area (Å²) in [5.74, 6) is 0.986. The van der Waals surface area contributed by atoms with E-state index in [9.17, 15) is 4.79 Å². The van der Waals surface area contributed by atoms with Gasteiger partial charge in [-0.15, -0.1) is 0 Å². The first-order chi connectivity index (χ1) is 14.8. The van der Waals surface area contributed by atoms with Crippen LogP contribution in [0.2, 0.25) is 0 Å². The normalized spacial score (nSPS) is 15.8. The zero-order chi connectivity index (χ0) is 22.5. The number of likely N-dealkylation sites (N-methyl/N-ethyl adjacent to an activating group) is 1. The second-order valence-corrected chi connectivity index (χ2v) is 8.87. The van der Waals surface area contributed by atoms with E-state index < -0.39 is 6.10 Å². The zero-order valence-corrected chi connectivity index (χ0v) is 19.9. The molecule has 3 rings (SSSR count). The van der Waals surface area contributed by atoms with Gasteiger partial charge in [0.1, 0.15) is 5.75 Å². The molecule has 1 aliphatic rings. The molecule has 5 nitrogen and oxygen atoms in total. The number of carbonyl (C=O) groups is 1. The van der Waals surface area contributed by atoms with Crippen LogP contribution in [0.3, 0.4) is 0 Å². The topological polar surface area (TPSA) is 44.8 Å². The van der Waals surface area contributed by atoms with Gasteiger partial charge in [-0.05, 0) is 74.2 Å². The van der Waals surface area contributed by atoms with E-state index >= 15 is 0 Å².